The first-order valence-corrected chi connectivity index (χ1v) is 9.91. The van der Waals surface area contributed by atoms with Crippen LogP contribution in [0.25, 0.3) is 10.2 Å². The summed E-state index contributed by atoms with van der Waals surface area (Å²) >= 11 is 1.07. The number of carbonyl (C=O) groups excluding carboxylic acids is 2. The minimum Gasteiger partial charge on any atom is -0.309 e. The minimum atomic E-state index is -0.756. The Morgan fingerprint density at radius 1 is 1.03 bits per heavy atom. The second-order valence-electron chi connectivity index (χ2n) is 6.98. The molecule has 5 nitrogen and oxygen atoms in total. The molecule has 3 rings (SSSR count). The third-order valence-corrected chi connectivity index (χ3v) is 5.43. The van der Waals surface area contributed by atoms with E-state index < -0.39 is 11.6 Å². The first-order chi connectivity index (χ1) is 13.8. The van der Waals surface area contributed by atoms with Crippen LogP contribution in [-0.4, -0.2) is 48.8 Å². The molecule has 29 heavy (non-hydrogen) atoms. The lowest BCUT2D eigenvalue weighted by molar-refractivity contribution is 0.0981. The Labute approximate surface area is 171 Å². The molecule has 0 aliphatic rings. The summed E-state index contributed by atoms with van der Waals surface area (Å²) in [6, 6.07) is 8.37. The molecule has 0 bridgehead atoms. The highest BCUT2D eigenvalue weighted by Crippen LogP contribution is 2.32. The van der Waals surface area contributed by atoms with Gasteiger partial charge in [-0.05, 0) is 52.2 Å². The molecule has 8 heteroatoms. The molecule has 0 spiro atoms. The van der Waals surface area contributed by atoms with Gasteiger partial charge >= 0.3 is 0 Å². The van der Waals surface area contributed by atoms with Crippen molar-refractivity contribution < 1.29 is 18.4 Å². The molecule has 0 fully saturated rings. The predicted octanol–water partition coefficient (Wildman–Crippen LogP) is 4.38. The highest BCUT2D eigenvalue weighted by Gasteiger charge is 2.22. The fraction of sp³-hybridized carbons (Fsp3) is 0.286. The second kappa shape index (κ2) is 8.75. The molecule has 0 saturated carbocycles. The van der Waals surface area contributed by atoms with Crippen LogP contribution in [0.1, 0.15) is 34.1 Å². The number of hydrogen-bond acceptors (Lipinski definition) is 5. The molecule has 1 amide bonds. The highest BCUT2D eigenvalue weighted by atomic mass is 32.1. The second-order valence-corrected chi connectivity index (χ2v) is 7.99. The van der Waals surface area contributed by atoms with E-state index in [4.69, 9.17) is 0 Å². The van der Waals surface area contributed by atoms with Crippen LogP contribution in [0.15, 0.2) is 36.4 Å². The van der Waals surface area contributed by atoms with Crippen LogP contribution in [0.3, 0.4) is 0 Å². The lowest BCUT2D eigenvalue weighted by Crippen LogP contribution is -2.33. The summed E-state index contributed by atoms with van der Waals surface area (Å²) in [5.41, 5.74) is 0.952. The van der Waals surface area contributed by atoms with E-state index >= 15 is 0 Å². The van der Waals surface area contributed by atoms with Crippen molar-refractivity contribution in [1.82, 2.24) is 9.88 Å². The van der Waals surface area contributed by atoms with Gasteiger partial charge in [-0.3, -0.25) is 14.5 Å². The van der Waals surface area contributed by atoms with E-state index in [1.54, 1.807) is 24.3 Å². The van der Waals surface area contributed by atoms with Gasteiger partial charge in [-0.15, -0.1) is 0 Å². The van der Waals surface area contributed by atoms with Crippen molar-refractivity contribution in [3.8, 4) is 0 Å². The lowest BCUT2D eigenvalue weighted by atomic mass is 10.1. The maximum Gasteiger partial charge on any atom is 0.260 e. The summed E-state index contributed by atoms with van der Waals surface area (Å²) in [5, 5.41) is 0.309. The molecule has 0 aliphatic carbocycles. The van der Waals surface area contributed by atoms with Crippen LogP contribution in [0.2, 0.25) is 0 Å². The number of anilines is 1. The Morgan fingerprint density at radius 3 is 2.31 bits per heavy atom. The van der Waals surface area contributed by atoms with Crippen LogP contribution in [0.4, 0.5) is 13.9 Å². The van der Waals surface area contributed by atoms with Gasteiger partial charge in [0.15, 0.2) is 16.7 Å². The van der Waals surface area contributed by atoms with E-state index in [0.29, 0.717) is 33.9 Å². The SMILES string of the molecule is CC(=O)c1ccc(C(=O)N(CCCN(C)C)c2nc3c(F)cc(F)cc3s2)cc1. The molecule has 152 valence electrons. The summed E-state index contributed by atoms with van der Waals surface area (Å²) in [5.74, 6) is -1.83. The molecule has 0 saturated heterocycles. The van der Waals surface area contributed by atoms with E-state index in [1.165, 1.54) is 17.9 Å². The number of hydrogen-bond donors (Lipinski definition) is 0. The van der Waals surface area contributed by atoms with Gasteiger partial charge < -0.3 is 4.90 Å². The summed E-state index contributed by atoms with van der Waals surface area (Å²) < 4.78 is 28.0. The average molecular weight is 417 g/mol. The molecule has 0 aliphatic heterocycles. The summed E-state index contributed by atoms with van der Waals surface area (Å²) in [4.78, 5) is 32.4. The zero-order valence-corrected chi connectivity index (χ0v) is 17.2. The molecular weight excluding hydrogens is 396 g/mol. The van der Waals surface area contributed by atoms with Crippen molar-refractivity contribution in [2.45, 2.75) is 13.3 Å². The molecule has 0 atom stereocenters. The molecule has 0 N–H and O–H groups in total. The number of aromatic nitrogens is 1. The highest BCUT2D eigenvalue weighted by molar-refractivity contribution is 7.22. The van der Waals surface area contributed by atoms with Gasteiger partial charge in [0, 0.05) is 23.7 Å². The number of carbonyl (C=O) groups is 2. The van der Waals surface area contributed by atoms with E-state index in [9.17, 15) is 18.4 Å². The third kappa shape index (κ3) is 4.83. The lowest BCUT2D eigenvalue weighted by Gasteiger charge is -2.21. The Hall–Kier alpha value is -2.71. The van der Waals surface area contributed by atoms with Crippen molar-refractivity contribution >= 4 is 38.4 Å². The maximum absolute atomic E-state index is 14.1. The van der Waals surface area contributed by atoms with Gasteiger partial charge in [-0.2, -0.15) is 0 Å². The van der Waals surface area contributed by atoms with Crippen LogP contribution in [-0.2, 0) is 0 Å². The van der Waals surface area contributed by atoms with Gasteiger partial charge in [0.05, 0.1) is 4.70 Å². The number of benzene rings is 2. The van der Waals surface area contributed by atoms with Crippen LogP contribution >= 0.6 is 11.3 Å². The normalized spacial score (nSPS) is 11.2. The fourth-order valence-electron chi connectivity index (χ4n) is 2.89. The molecule has 1 heterocycles. The molecule has 1 aromatic heterocycles. The topological polar surface area (TPSA) is 53.5 Å². The average Bonchev–Trinajstić information content (AvgIpc) is 3.08. The van der Waals surface area contributed by atoms with Gasteiger partial charge in [-0.25, -0.2) is 13.8 Å². The minimum absolute atomic E-state index is 0.0451. The van der Waals surface area contributed by atoms with E-state index in [-0.39, 0.29) is 17.2 Å². The van der Waals surface area contributed by atoms with Gasteiger partial charge in [0.25, 0.3) is 5.91 Å². The van der Waals surface area contributed by atoms with Crippen molar-refractivity contribution in [2.24, 2.45) is 0 Å². The predicted molar refractivity (Wildman–Crippen MR) is 111 cm³/mol. The van der Waals surface area contributed by atoms with Gasteiger partial charge in [-0.1, -0.05) is 23.5 Å². The number of fused-ring (bicyclic) bond motifs is 1. The van der Waals surface area contributed by atoms with Crippen LogP contribution in [0.5, 0.6) is 0 Å². The smallest absolute Gasteiger partial charge is 0.260 e. The quantitative estimate of drug-likeness (QED) is 0.536. The zero-order valence-electron chi connectivity index (χ0n) is 16.4. The fourth-order valence-corrected chi connectivity index (χ4v) is 3.92. The first kappa shape index (κ1) is 21.0. The van der Waals surface area contributed by atoms with E-state index in [2.05, 4.69) is 4.98 Å². The Bertz CT molecular complexity index is 1050. The number of thiazole rings is 1. The number of nitrogens with zero attached hydrogens (tertiary/aromatic N) is 3. The van der Waals surface area contributed by atoms with Crippen molar-refractivity contribution in [3.05, 3.63) is 59.2 Å². The molecule has 2 aromatic carbocycles. The standard InChI is InChI=1S/C21H21F2N3O2S/c1-13(27)14-5-7-15(8-6-14)20(28)26(10-4-9-25(2)3)21-24-19-17(23)11-16(22)12-18(19)29-21/h5-8,11-12H,4,9-10H2,1-3H3. The van der Waals surface area contributed by atoms with E-state index in [1.807, 2.05) is 19.0 Å². The summed E-state index contributed by atoms with van der Waals surface area (Å²) in [6.45, 7) is 2.58. The number of Topliss-reactive ketones (excluding diaryl/α,β-unsaturated/α-hetero) is 1. The Kier molecular flexibility index (Phi) is 6.34. The summed E-state index contributed by atoms with van der Waals surface area (Å²) in [6.07, 6.45) is 0.678. The Balaban J connectivity index is 1.96. The number of amides is 1. The van der Waals surface area contributed by atoms with Crippen molar-refractivity contribution in [3.63, 3.8) is 0 Å². The van der Waals surface area contributed by atoms with Crippen molar-refractivity contribution in [2.75, 3.05) is 32.1 Å². The van der Waals surface area contributed by atoms with Crippen molar-refractivity contribution in [1.29, 1.82) is 0 Å². The maximum atomic E-state index is 14.1. The molecule has 0 unspecified atom stereocenters. The largest absolute Gasteiger partial charge is 0.309 e. The van der Waals surface area contributed by atoms with Crippen LogP contribution < -0.4 is 4.90 Å². The number of halogens is 2. The van der Waals surface area contributed by atoms with Crippen LogP contribution in [0, 0.1) is 11.6 Å². The molecule has 0 radical (unpaired) electrons. The first-order valence-electron chi connectivity index (χ1n) is 9.09. The molecule has 3 aromatic rings. The number of rotatable bonds is 7. The monoisotopic (exact) mass is 417 g/mol. The summed E-state index contributed by atoms with van der Waals surface area (Å²) in [7, 11) is 3.87. The van der Waals surface area contributed by atoms with Gasteiger partial charge in [0.2, 0.25) is 0 Å². The van der Waals surface area contributed by atoms with E-state index in [0.717, 1.165) is 23.9 Å². The van der Waals surface area contributed by atoms with Gasteiger partial charge in [0.1, 0.15) is 11.3 Å². The molecular formula is C21H21F2N3O2S. The number of ketones is 1. The Morgan fingerprint density at radius 2 is 1.69 bits per heavy atom. The zero-order chi connectivity index (χ0) is 21.1. The third-order valence-electron chi connectivity index (χ3n) is 4.40.